The fourth-order valence-electron chi connectivity index (χ4n) is 2.99. The quantitative estimate of drug-likeness (QED) is 0.588. The number of thiophene rings is 1. The Morgan fingerprint density at radius 3 is 2.93 bits per heavy atom. The predicted molar refractivity (Wildman–Crippen MR) is 109 cm³/mol. The number of para-hydroxylation sites is 2. The van der Waals surface area contributed by atoms with Crippen molar-refractivity contribution in [3.05, 3.63) is 47.7 Å². The summed E-state index contributed by atoms with van der Waals surface area (Å²) in [6.45, 7) is 0.765. The number of amides is 2. The van der Waals surface area contributed by atoms with E-state index in [-0.39, 0.29) is 24.8 Å². The van der Waals surface area contributed by atoms with Crippen LogP contribution in [0.5, 0.6) is 5.75 Å². The van der Waals surface area contributed by atoms with Gasteiger partial charge in [0.15, 0.2) is 6.10 Å². The largest absolute Gasteiger partial charge is 0.478 e. The molecule has 0 saturated heterocycles. The van der Waals surface area contributed by atoms with Gasteiger partial charge in [-0.3, -0.25) is 9.59 Å². The zero-order chi connectivity index (χ0) is 20.9. The van der Waals surface area contributed by atoms with Crippen molar-refractivity contribution < 1.29 is 23.5 Å². The van der Waals surface area contributed by atoms with Crippen molar-refractivity contribution in [2.24, 2.45) is 0 Å². The number of ether oxygens (including phenoxy) is 2. The number of nitrogens with one attached hydrogen (secondary N) is 1. The number of anilines is 1. The third-order valence-electron chi connectivity index (χ3n) is 4.51. The van der Waals surface area contributed by atoms with Crippen molar-refractivity contribution in [3.8, 4) is 16.5 Å². The molecule has 1 aliphatic heterocycles. The number of carbonyl (C=O) groups is 2. The first kappa shape index (κ1) is 20.0. The summed E-state index contributed by atoms with van der Waals surface area (Å²) in [6.07, 6.45) is -1.03. The van der Waals surface area contributed by atoms with Crippen molar-refractivity contribution >= 4 is 28.8 Å². The summed E-state index contributed by atoms with van der Waals surface area (Å²) in [7, 11) is 1.55. The van der Waals surface area contributed by atoms with Gasteiger partial charge < -0.3 is 24.1 Å². The fourth-order valence-corrected chi connectivity index (χ4v) is 3.63. The van der Waals surface area contributed by atoms with Crippen LogP contribution in [0.2, 0.25) is 0 Å². The molecule has 0 aliphatic carbocycles. The Bertz CT molecular complexity index is 1020. The second kappa shape index (κ2) is 9.06. The van der Waals surface area contributed by atoms with Crippen molar-refractivity contribution in [1.82, 2.24) is 15.1 Å². The number of methoxy groups -OCH3 is 1. The lowest BCUT2D eigenvalue weighted by Crippen LogP contribution is -2.43. The maximum absolute atomic E-state index is 12.9. The SMILES string of the molecule is COCCN(Cc1nnc(-c2cccs2)o1)C(=O)C[C@H]1Oc2ccccc2NC1=O. The molecule has 156 valence electrons. The summed E-state index contributed by atoms with van der Waals surface area (Å²) in [5.41, 5.74) is 0.592. The zero-order valence-corrected chi connectivity index (χ0v) is 17.1. The van der Waals surface area contributed by atoms with Gasteiger partial charge in [0, 0.05) is 13.7 Å². The molecular weight excluding hydrogens is 408 g/mol. The minimum atomic E-state index is -0.915. The van der Waals surface area contributed by atoms with Crippen LogP contribution in [0.1, 0.15) is 12.3 Å². The lowest BCUT2D eigenvalue weighted by Gasteiger charge is -2.27. The molecule has 1 N–H and O–H groups in total. The van der Waals surface area contributed by atoms with Gasteiger partial charge in [-0.1, -0.05) is 18.2 Å². The Hall–Kier alpha value is -3.24. The van der Waals surface area contributed by atoms with Crippen LogP contribution in [0.3, 0.4) is 0 Å². The van der Waals surface area contributed by atoms with E-state index in [1.165, 1.54) is 16.2 Å². The molecular formula is C20H20N4O5S. The molecule has 0 unspecified atom stereocenters. The molecule has 9 nitrogen and oxygen atoms in total. The van der Waals surface area contributed by atoms with Gasteiger partial charge in [0.2, 0.25) is 11.8 Å². The number of benzene rings is 1. The summed E-state index contributed by atoms with van der Waals surface area (Å²) in [6, 6.07) is 10.9. The van der Waals surface area contributed by atoms with Gasteiger partial charge in [0.1, 0.15) is 5.75 Å². The maximum atomic E-state index is 12.9. The van der Waals surface area contributed by atoms with E-state index in [0.717, 1.165) is 4.88 Å². The smallest absolute Gasteiger partial charge is 0.266 e. The first-order valence-corrected chi connectivity index (χ1v) is 10.2. The molecule has 0 spiro atoms. The summed E-state index contributed by atoms with van der Waals surface area (Å²) in [4.78, 5) is 27.7. The number of fused-ring (bicyclic) bond motifs is 1. The van der Waals surface area contributed by atoms with Crippen molar-refractivity contribution in [3.63, 3.8) is 0 Å². The van der Waals surface area contributed by atoms with Gasteiger partial charge in [0.25, 0.3) is 11.8 Å². The summed E-state index contributed by atoms with van der Waals surface area (Å²) >= 11 is 1.49. The zero-order valence-electron chi connectivity index (χ0n) is 16.2. The Kier molecular flexibility index (Phi) is 6.05. The van der Waals surface area contributed by atoms with Gasteiger partial charge in [-0.15, -0.1) is 21.5 Å². The molecule has 1 aliphatic rings. The topological polar surface area (TPSA) is 107 Å². The summed E-state index contributed by atoms with van der Waals surface area (Å²) in [5.74, 6) is 0.623. The van der Waals surface area contributed by atoms with E-state index in [1.807, 2.05) is 17.5 Å². The third-order valence-corrected chi connectivity index (χ3v) is 5.37. The number of carbonyl (C=O) groups excluding carboxylic acids is 2. The van der Waals surface area contributed by atoms with E-state index in [4.69, 9.17) is 13.9 Å². The normalized spacial score (nSPS) is 15.2. The van der Waals surface area contributed by atoms with Crippen LogP contribution in [0.25, 0.3) is 10.8 Å². The van der Waals surface area contributed by atoms with E-state index >= 15 is 0 Å². The molecule has 2 amide bonds. The fraction of sp³-hybridized carbons (Fsp3) is 0.300. The summed E-state index contributed by atoms with van der Waals surface area (Å²) < 4.78 is 16.5. The van der Waals surface area contributed by atoms with Gasteiger partial charge in [-0.25, -0.2) is 0 Å². The second-order valence-electron chi connectivity index (χ2n) is 6.58. The van der Waals surface area contributed by atoms with Crippen LogP contribution in [0.4, 0.5) is 5.69 Å². The van der Waals surface area contributed by atoms with Gasteiger partial charge in [-0.05, 0) is 23.6 Å². The molecule has 3 aromatic rings. The molecule has 0 fully saturated rings. The number of hydrogen-bond donors (Lipinski definition) is 1. The van der Waals surface area contributed by atoms with Crippen LogP contribution in [-0.2, 0) is 20.9 Å². The number of aromatic nitrogens is 2. The van der Waals surface area contributed by atoms with E-state index < -0.39 is 6.10 Å². The predicted octanol–water partition coefficient (Wildman–Crippen LogP) is 2.56. The first-order valence-electron chi connectivity index (χ1n) is 9.33. The third kappa shape index (κ3) is 4.50. The number of rotatable bonds is 8. The monoisotopic (exact) mass is 428 g/mol. The Morgan fingerprint density at radius 2 is 2.13 bits per heavy atom. The maximum Gasteiger partial charge on any atom is 0.266 e. The first-order chi connectivity index (χ1) is 14.6. The highest BCUT2D eigenvalue weighted by atomic mass is 32.1. The lowest BCUT2D eigenvalue weighted by molar-refractivity contribution is -0.138. The Morgan fingerprint density at radius 1 is 1.27 bits per heavy atom. The molecule has 1 aromatic carbocycles. The van der Waals surface area contributed by atoms with Crippen molar-refractivity contribution in [2.45, 2.75) is 19.1 Å². The van der Waals surface area contributed by atoms with E-state index in [9.17, 15) is 9.59 Å². The highest BCUT2D eigenvalue weighted by Crippen LogP contribution is 2.30. The molecule has 4 rings (SSSR count). The molecule has 0 saturated carbocycles. The van der Waals surface area contributed by atoms with Gasteiger partial charge in [-0.2, -0.15) is 0 Å². The molecule has 2 aromatic heterocycles. The Labute approximate surface area is 176 Å². The highest BCUT2D eigenvalue weighted by molar-refractivity contribution is 7.13. The van der Waals surface area contributed by atoms with Crippen molar-refractivity contribution in [2.75, 3.05) is 25.6 Å². The van der Waals surface area contributed by atoms with Gasteiger partial charge in [0.05, 0.1) is 30.1 Å². The van der Waals surface area contributed by atoms with Crippen LogP contribution in [-0.4, -0.2) is 53.3 Å². The molecule has 30 heavy (non-hydrogen) atoms. The summed E-state index contributed by atoms with van der Waals surface area (Å²) in [5, 5.41) is 12.8. The standard InChI is InChI=1S/C20H20N4O5S/c1-27-9-8-24(12-17-22-23-20(29-17)16-7-4-10-30-16)18(25)11-15-19(26)21-13-5-2-3-6-14(13)28-15/h2-7,10,15H,8-9,11-12H2,1H3,(H,21,26)/t15-/m1/s1. The molecule has 10 heteroatoms. The van der Waals surface area contributed by atoms with Crippen LogP contribution < -0.4 is 10.1 Å². The molecule has 0 bridgehead atoms. The number of nitrogens with zero attached hydrogens (tertiary/aromatic N) is 3. The number of hydrogen-bond acceptors (Lipinski definition) is 8. The van der Waals surface area contributed by atoms with Crippen LogP contribution in [0.15, 0.2) is 46.2 Å². The Balaban J connectivity index is 1.44. The average molecular weight is 428 g/mol. The van der Waals surface area contributed by atoms with Gasteiger partial charge >= 0.3 is 0 Å². The van der Waals surface area contributed by atoms with Crippen LogP contribution >= 0.6 is 11.3 Å². The van der Waals surface area contributed by atoms with Crippen LogP contribution in [0, 0.1) is 0 Å². The second-order valence-corrected chi connectivity index (χ2v) is 7.53. The van der Waals surface area contributed by atoms with E-state index in [1.54, 1.807) is 31.4 Å². The highest BCUT2D eigenvalue weighted by Gasteiger charge is 2.31. The lowest BCUT2D eigenvalue weighted by atomic mass is 10.1. The minimum absolute atomic E-state index is 0.115. The minimum Gasteiger partial charge on any atom is -0.478 e. The average Bonchev–Trinajstić information content (AvgIpc) is 3.43. The molecule has 0 radical (unpaired) electrons. The van der Waals surface area contributed by atoms with E-state index in [0.29, 0.717) is 36.4 Å². The van der Waals surface area contributed by atoms with Crippen molar-refractivity contribution in [1.29, 1.82) is 0 Å². The molecule has 3 heterocycles. The molecule has 1 atom stereocenters. The van der Waals surface area contributed by atoms with E-state index in [2.05, 4.69) is 15.5 Å².